The molecule has 0 N–H and O–H groups in total. The third kappa shape index (κ3) is 3.25. The lowest BCUT2D eigenvalue weighted by Crippen LogP contribution is -2.35. The molecule has 3 heterocycles. The molecule has 0 radical (unpaired) electrons. The minimum atomic E-state index is -0.318. The molecule has 4 rings (SSSR count). The van der Waals surface area contributed by atoms with Gasteiger partial charge in [0.2, 0.25) is 5.91 Å². The predicted octanol–water partition coefficient (Wildman–Crippen LogP) is 4.39. The number of carbonyl (C=O) groups excluding carboxylic acids is 1. The molecule has 1 aliphatic rings. The molecule has 1 amide bonds. The van der Waals surface area contributed by atoms with Gasteiger partial charge in [0.25, 0.3) is 0 Å². The molecule has 0 atom stereocenters. The molecule has 0 fully saturated rings. The normalized spacial score (nSPS) is 13.5. The number of aromatic nitrogens is 1. The van der Waals surface area contributed by atoms with Gasteiger partial charge >= 0.3 is 0 Å². The average molecular weight is 350 g/mol. The smallest absolute Gasteiger partial charge is 0.227 e. The van der Waals surface area contributed by atoms with Gasteiger partial charge in [-0.25, -0.2) is 4.39 Å². The Bertz CT molecular complexity index is 935. The molecule has 2 aromatic heterocycles. The van der Waals surface area contributed by atoms with E-state index in [1.165, 1.54) is 6.07 Å². The maximum absolute atomic E-state index is 13.9. The van der Waals surface area contributed by atoms with Gasteiger partial charge in [-0.1, -0.05) is 12.1 Å². The highest BCUT2D eigenvalue weighted by molar-refractivity contribution is 5.94. The number of pyridine rings is 1. The Morgan fingerprint density at radius 2 is 2.04 bits per heavy atom. The van der Waals surface area contributed by atoms with E-state index in [1.54, 1.807) is 36.5 Å². The van der Waals surface area contributed by atoms with Gasteiger partial charge in [-0.2, -0.15) is 0 Å². The van der Waals surface area contributed by atoms with E-state index in [0.717, 1.165) is 30.8 Å². The summed E-state index contributed by atoms with van der Waals surface area (Å²) < 4.78 is 19.6. The lowest BCUT2D eigenvalue weighted by molar-refractivity contribution is -0.118. The fraction of sp³-hybridized carbons (Fsp3) is 0.238. The van der Waals surface area contributed by atoms with Crippen LogP contribution in [0.2, 0.25) is 0 Å². The van der Waals surface area contributed by atoms with Crippen LogP contribution in [0.25, 0.3) is 11.3 Å². The molecule has 132 valence electrons. The fourth-order valence-electron chi connectivity index (χ4n) is 3.34. The van der Waals surface area contributed by atoms with Crippen molar-refractivity contribution >= 4 is 11.6 Å². The Labute approximate surface area is 151 Å². The Morgan fingerprint density at radius 1 is 1.15 bits per heavy atom. The number of benzene rings is 1. The summed E-state index contributed by atoms with van der Waals surface area (Å²) in [5.74, 6) is 0.905. The number of aryl methyl sites for hydroxylation is 2. The zero-order chi connectivity index (χ0) is 17.9. The predicted molar refractivity (Wildman–Crippen MR) is 97.3 cm³/mol. The first-order chi connectivity index (χ1) is 12.7. The van der Waals surface area contributed by atoms with Crippen molar-refractivity contribution < 1.29 is 13.6 Å². The number of furan rings is 1. The Balaban J connectivity index is 1.44. The zero-order valence-electron chi connectivity index (χ0n) is 14.3. The number of anilines is 1. The lowest BCUT2D eigenvalue weighted by Gasteiger charge is -2.28. The van der Waals surface area contributed by atoms with Crippen LogP contribution in [-0.4, -0.2) is 17.4 Å². The van der Waals surface area contributed by atoms with Crippen molar-refractivity contribution in [2.45, 2.75) is 25.7 Å². The van der Waals surface area contributed by atoms with Gasteiger partial charge in [-0.05, 0) is 49.2 Å². The standard InChI is InChI=1S/C21H19FN2O2/c22-17-6-2-1-5-16(17)20-11-9-15(26-20)10-12-21(25)24-14-4-7-18-19(24)8-3-13-23-18/h1-3,5-6,8-9,11,13H,4,7,10,12,14H2. The Hall–Kier alpha value is -2.95. The summed E-state index contributed by atoms with van der Waals surface area (Å²) in [5.41, 5.74) is 2.32. The van der Waals surface area contributed by atoms with Crippen LogP contribution in [0.4, 0.5) is 10.1 Å². The highest BCUT2D eigenvalue weighted by Gasteiger charge is 2.23. The van der Waals surface area contributed by atoms with Crippen molar-refractivity contribution in [2.24, 2.45) is 0 Å². The molecule has 1 aliphatic heterocycles. The second-order valence-electron chi connectivity index (χ2n) is 6.36. The van der Waals surface area contributed by atoms with E-state index < -0.39 is 0 Å². The number of hydrogen-bond acceptors (Lipinski definition) is 3. The number of rotatable bonds is 4. The van der Waals surface area contributed by atoms with Crippen LogP contribution in [0.3, 0.4) is 0 Å². The number of halogens is 1. The van der Waals surface area contributed by atoms with E-state index in [1.807, 2.05) is 17.0 Å². The van der Waals surface area contributed by atoms with Crippen molar-refractivity contribution in [3.8, 4) is 11.3 Å². The Kier molecular flexibility index (Phi) is 4.52. The topological polar surface area (TPSA) is 46.3 Å². The van der Waals surface area contributed by atoms with Crippen LogP contribution in [0.1, 0.15) is 24.3 Å². The number of amides is 1. The van der Waals surface area contributed by atoms with Crippen molar-refractivity contribution in [1.82, 2.24) is 4.98 Å². The van der Waals surface area contributed by atoms with Crippen molar-refractivity contribution in [3.63, 3.8) is 0 Å². The monoisotopic (exact) mass is 350 g/mol. The molecule has 0 saturated carbocycles. The van der Waals surface area contributed by atoms with E-state index in [2.05, 4.69) is 4.98 Å². The summed E-state index contributed by atoms with van der Waals surface area (Å²) in [6.45, 7) is 0.718. The highest BCUT2D eigenvalue weighted by atomic mass is 19.1. The molecule has 0 spiro atoms. The summed E-state index contributed by atoms with van der Waals surface area (Å²) in [5, 5.41) is 0. The number of fused-ring (bicyclic) bond motifs is 1. The summed E-state index contributed by atoms with van der Waals surface area (Å²) in [4.78, 5) is 18.8. The molecule has 4 nitrogen and oxygen atoms in total. The molecular formula is C21H19FN2O2. The van der Waals surface area contributed by atoms with Crippen LogP contribution in [-0.2, 0) is 17.6 Å². The molecule has 3 aromatic rings. The average Bonchev–Trinajstić information content (AvgIpc) is 3.15. The minimum absolute atomic E-state index is 0.0581. The zero-order valence-corrected chi connectivity index (χ0v) is 14.3. The summed E-state index contributed by atoms with van der Waals surface area (Å²) in [6.07, 6.45) is 4.43. The maximum atomic E-state index is 13.9. The van der Waals surface area contributed by atoms with Gasteiger partial charge in [-0.15, -0.1) is 0 Å². The van der Waals surface area contributed by atoms with E-state index in [9.17, 15) is 9.18 Å². The van der Waals surface area contributed by atoms with Gasteiger partial charge < -0.3 is 9.32 Å². The molecular weight excluding hydrogens is 331 g/mol. The highest BCUT2D eigenvalue weighted by Crippen LogP contribution is 2.27. The first-order valence-electron chi connectivity index (χ1n) is 8.80. The molecule has 0 saturated heterocycles. The van der Waals surface area contributed by atoms with Crippen molar-refractivity contribution in [2.75, 3.05) is 11.4 Å². The summed E-state index contributed by atoms with van der Waals surface area (Å²) in [7, 11) is 0. The molecule has 0 bridgehead atoms. The van der Waals surface area contributed by atoms with E-state index >= 15 is 0 Å². The van der Waals surface area contributed by atoms with Crippen LogP contribution in [0.15, 0.2) is 59.1 Å². The van der Waals surface area contributed by atoms with Crippen LogP contribution in [0, 0.1) is 5.82 Å². The molecule has 0 unspecified atom stereocenters. The third-order valence-corrected chi connectivity index (χ3v) is 4.64. The number of carbonyl (C=O) groups is 1. The first kappa shape index (κ1) is 16.5. The molecule has 26 heavy (non-hydrogen) atoms. The maximum Gasteiger partial charge on any atom is 0.227 e. The van der Waals surface area contributed by atoms with Crippen LogP contribution < -0.4 is 4.90 Å². The fourth-order valence-corrected chi connectivity index (χ4v) is 3.34. The number of hydrogen-bond donors (Lipinski definition) is 0. The second kappa shape index (κ2) is 7.12. The second-order valence-corrected chi connectivity index (χ2v) is 6.36. The van der Waals surface area contributed by atoms with Crippen molar-refractivity contribution in [1.29, 1.82) is 0 Å². The van der Waals surface area contributed by atoms with Gasteiger partial charge in [-0.3, -0.25) is 9.78 Å². The van der Waals surface area contributed by atoms with Gasteiger partial charge in [0.05, 0.1) is 16.9 Å². The van der Waals surface area contributed by atoms with Gasteiger partial charge in [0.1, 0.15) is 17.3 Å². The first-order valence-corrected chi connectivity index (χ1v) is 8.80. The van der Waals surface area contributed by atoms with Crippen molar-refractivity contribution in [3.05, 3.63) is 72.0 Å². The van der Waals surface area contributed by atoms with E-state index in [0.29, 0.717) is 29.9 Å². The lowest BCUT2D eigenvalue weighted by atomic mass is 10.1. The molecule has 5 heteroatoms. The van der Waals surface area contributed by atoms with E-state index in [-0.39, 0.29) is 11.7 Å². The van der Waals surface area contributed by atoms with Crippen LogP contribution >= 0.6 is 0 Å². The van der Waals surface area contributed by atoms with Crippen LogP contribution in [0.5, 0.6) is 0 Å². The largest absolute Gasteiger partial charge is 0.461 e. The summed E-state index contributed by atoms with van der Waals surface area (Å²) >= 11 is 0. The third-order valence-electron chi connectivity index (χ3n) is 4.64. The quantitative estimate of drug-likeness (QED) is 0.701. The SMILES string of the molecule is O=C(CCc1ccc(-c2ccccc2F)o1)N1CCCc2ncccc21. The number of nitrogens with zero attached hydrogens (tertiary/aromatic N) is 2. The minimum Gasteiger partial charge on any atom is -0.461 e. The Morgan fingerprint density at radius 3 is 2.92 bits per heavy atom. The van der Waals surface area contributed by atoms with E-state index in [4.69, 9.17) is 4.42 Å². The molecule has 0 aliphatic carbocycles. The van der Waals surface area contributed by atoms with Gasteiger partial charge in [0.15, 0.2) is 0 Å². The van der Waals surface area contributed by atoms with Gasteiger partial charge in [0, 0.05) is 25.6 Å². The summed E-state index contributed by atoms with van der Waals surface area (Å²) in [6, 6.07) is 13.9. The molecule has 1 aromatic carbocycles.